The standard InChI is InChI=1S/C26H43N5O5/c1-25(2,3)13-14-26(11-5-4-6-12-26)30-24(36)28-17-21(33)31-15-7-8-19(31)22(34)27-16-20(32)23(35)29-18-9-10-18/h18-19H,4-17H2,1-3H3,(H,27,34)(H,29,35)(H2,28,30,36)/t19-/m0/s1. The summed E-state index contributed by atoms with van der Waals surface area (Å²) in [4.78, 5) is 63.4. The van der Waals surface area contributed by atoms with E-state index in [-0.39, 0.29) is 35.5 Å². The Kier molecular flexibility index (Phi) is 9.35. The first-order valence-corrected chi connectivity index (χ1v) is 13.4. The quantitative estimate of drug-likeness (QED) is 0.336. The fraction of sp³-hybridized carbons (Fsp3) is 0.808. The van der Waals surface area contributed by atoms with E-state index in [1.807, 2.05) is 0 Å². The molecular weight excluding hydrogens is 462 g/mol. The molecular formula is C26H43N5O5. The van der Waals surface area contributed by atoms with Gasteiger partial charge in [-0.25, -0.2) is 4.79 Å². The van der Waals surface area contributed by atoms with E-state index in [0.717, 1.165) is 51.4 Å². The molecule has 202 valence electrons. The zero-order valence-corrected chi connectivity index (χ0v) is 22.0. The highest BCUT2D eigenvalue weighted by molar-refractivity contribution is 6.37. The Labute approximate surface area is 214 Å². The van der Waals surface area contributed by atoms with Gasteiger partial charge in [-0.2, -0.15) is 0 Å². The summed E-state index contributed by atoms with van der Waals surface area (Å²) in [6, 6.07) is -0.999. The van der Waals surface area contributed by atoms with Crippen LogP contribution in [-0.4, -0.2) is 71.7 Å². The minimum absolute atomic E-state index is 0.0660. The molecule has 5 amide bonds. The normalized spacial score (nSPS) is 21.4. The molecule has 0 aromatic carbocycles. The van der Waals surface area contributed by atoms with E-state index >= 15 is 0 Å². The van der Waals surface area contributed by atoms with Crippen molar-refractivity contribution in [1.29, 1.82) is 0 Å². The molecule has 0 unspecified atom stereocenters. The van der Waals surface area contributed by atoms with Gasteiger partial charge in [-0.05, 0) is 56.8 Å². The van der Waals surface area contributed by atoms with Gasteiger partial charge >= 0.3 is 6.03 Å². The summed E-state index contributed by atoms with van der Waals surface area (Å²) in [5.74, 6) is -2.19. The predicted octanol–water partition coefficient (Wildman–Crippen LogP) is 1.77. The van der Waals surface area contributed by atoms with E-state index in [9.17, 15) is 24.0 Å². The molecule has 3 rings (SSSR count). The second-order valence-corrected chi connectivity index (χ2v) is 11.8. The smallest absolute Gasteiger partial charge is 0.315 e. The molecule has 2 saturated carbocycles. The maximum absolute atomic E-state index is 12.8. The summed E-state index contributed by atoms with van der Waals surface area (Å²) >= 11 is 0. The van der Waals surface area contributed by atoms with E-state index in [4.69, 9.17) is 0 Å². The molecule has 3 fully saturated rings. The van der Waals surface area contributed by atoms with E-state index in [2.05, 4.69) is 42.0 Å². The molecule has 1 saturated heterocycles. The maximum Gasteiger partial charge on any atom is 0.315 e. The van der Waals surface area contributed by atoms with Crippen LogP contribution in [0.25, 0.3) is 0 Å². The highest BCUT2D eigenvalue weighted by Crippen LogP contribution is 2.35. The second kappa shape index (κ2) is 12.1. The number of amides is 5. The minimum atomic E-state index is -0.710. The molecule has 4 N–H and O–H groups in total. The van der Waals surface area contributed by atoms with Gasteiger partial charge in [-0.3, -0.25) is 19.2 Å². The number of urea groups is 1. The molecule has 0 aromatic heterocycles. The third-order valence-corrected chi connectivity index (χ3v) is 7.41. The van der Waals surface area contributed by atoms with Gasteiger partial charge in [0.05, 0.1) is 13.1 Å². The molecule has 2 aliphatic carbocycles. The number of carbonyl (C=O) groups excluding carboxylic acids is 5. The van der Waals surface area contributed by atoms with Crippen LogP contribution in [0.3, 0.4) is 0 Å². The van der Waals surface area contributed by atoms with Crippen molar-refractivity contribution >= 4 is 29.5 Å². The Morgan fingerprint density at radius 3 is 2.22 bits per heavy atom. The molecule has 3 aliphatic rings. The van der Waals surface area contributed by atoms with Gasteiger partial charge in [0, 0.05) is 18.1 Å². The Hall–Kier alpha value is -2.65. The Balaban J connectivity index is 1.45. The number of nitrogens with one attached hydrogen (secondary N) is 4. The lowest BCUT2D eigenvalue weighted by Gasteiger charge is -2.40. The van der Waals surface area contributed by atoms with Gasteiger partial charge < -0.3 is 26.2 Å². The Bertz CT molecular complexity index is 842. The highest BCUT2D eigenvalue weighted by Gasteiger charge is 2.36. The minimum Gasteiger partial charge on any atom is -0.347 e. The van der Waals surface area contributed by atoms with Crippen LogP contribution in [0.15, 0.2) is 0 Å². The monoisotopic (exact) mass is 505 g/mol. The molecule has 10 heteroatoms. The van der Waals surface area contributed by atoms with Gasteiger partial charge in [0.25, 0.3) is 5.91 Å². The zero-order valence-electron chi connectivity index (χ0n) is 22.0. The number of rotatable bonds is 10. The largest absolute Gasteiger partial charge is 0.347 e. The number of Topliss-reactive ketones (excluding diaryl/α,β-unsaturated/α-hetero) is 1. The van der Waals surface area contributed by atoms with Crippen LogP contribution in [0.5, 0.6) is 0 Å². The summed E-state index contributed by atoms with van der Waals surface area (Å²) in [7, 11) is 0. The average molecular weight is 506 g/mol. The number of ketones is 1. The van der Waals surface area contributed by atoms with Crippen LogP contribution in [0, 0.1) is 5.41 Å². The molecule has 0 spiro atoms. The summed E-state index contributed by atoms with van der Waals surface area (Å²) in [5.41, 5.74) is -0.0669. The van der Waals surface area contributed by atoms with Crippen molar-refractivity contribution in [2.24, 2.45) is 5.41 Å². The number of hydrogen-bond donors (Lipinski definition) is 4. The number of hydrogen-bond acceptors (Lipinski definition) is 5. The van der Waals surface area contributed by atoms with Crippen LogP contribution in [0.2, 0.25) is 0 Å². The van der Waals surface area contributed by atoms with E-state index in [0.29, 0.717) is 19.4 Å². The van der Waals surface area contributed by atoms with Crippen molar-refractivity contribution < 1.29 is 24.0 Å². The number of likely N-dealkylation sites (tertiary alicyclic amines) is 1. The number of carbonyl (C=O) groups is 5. The fourth-order valence-electron chi connectivity index (χ4n) is 5.02. The summed E-state index contributed by atoms with van der Waals surface area (Å²) in [5, 5.41) is 11.0. The molecule has 0 aromatic rings. The second-order valence-electron chi connectivity index (χ2n) is 11.8. The number of nitrogens with zero attached hydrogens (tertiary/aromatic N) is 1. The van der Waals surface area contributed by atoms with Gasteiger partial charge in [0.1, 0.15) is 6.04 Å². The molecule has 10 nitrogen and oxygen atoms in total. The van der Waals surface area contributed by atoms with Crippen molar-refractivity contribution in [2.75, 3.05) is 19.6 Å². The van der Waals surface area contributed by atoms with Crippen LogP contribution in [-0.2, 0) is 19.2 Å². The molecule has 0 bridgehead atoms. The molecule has 1 aliphatic heterocycles. The fourth-order valence-corrected chi connectivity index (χ4v) is 5.02. The highest BCUT2D eigenvalue weighted by atomic mass is 16.2. The van der Waals surface area contributed by atoms with Crippen molar-refractivity contribution in [1.82, 2.24) is 26.2 Å². The maximum atomic E-state index is 12.8. The SMILES string of the molecule is CC(C)(C)CCC1(NC(=O)NCC(=O)N2CCC[C@H]2C(=O)NCC(=O)C(=O)NC2CC2)CCCCC1. The van der Waals surface area contributed by atoms with Gasteiger partial charge in [-0.1, -0.05) is 40.0 Å². The Morgan fingerprint density at radius 2 is 1.58 bits per heavy atom. The lowest BCUT2D eigenvalue weighted by atomic mass is 9.75. The van der Waals surface area contributed by atoms with Crippen LogP contribution >= 0.6 is 0 Å². The van der Waals surface area contributed by atoms with Gasteiger partial charge in [0.15, 0.2) is 0 Å². The van der Waals surface area contributed by atoms with Crippen molar-refractivity contribution in [2.45, 2.75) is 109 Å². The van der Waals surface area contributed by atoms with Crippen molar-refractivity contribution in [3.63, 3.8) is 0 Å². The molecule has 0 radical (unpaired) electrons. The van der Waals surface area contributed by atoms with E-state index in [1.165, 1.54) is 11.3 Å². The Morgan fingerprint density at radius 1 is 0.889 bits per heavy atom. The van der Waals surface area contributed by atoms with Gasteiger partial charge in [0.2, 0.25) is 17.6 Å². The van der Waals surface area contributed by atoms with Crippen LogP contribution in [0.4, 0.5) is 4.79 Å². The molecule has 36 heavy (non-hydrogen) atoms. The topological polar surface area (TPSA) is 137 Å². The first-order valence-electron chi connectivity index (χ1n) is 13.4. The van der Waals surface area contributed by atoms with Crippen molar-refractivity contribution in [3.05, 3.63) is 0 Å². The third-order valence-electron chi connectivity index (χ3n) is 7.41. The summed E-state index contributed by atoms with van der Waals surface area (Å²) < 4.78 is 0. The molecule has 1 heterocycles. The van der Waals surface area contributed by atoms with Crippen LogP contribution in [0.1, 0.15) is 91.4 Å². The molecule has 1 atom stereocenters. The zero-order chi connectivity index (χ0) is 26.3. The first kappa shape index (κ1) is 27.9. The van der Waals surface area contributed by atoms with Crippen molar-refractivity contribution in [3.8, 4) is 0 Å². The summed E-state index contributed by atoms with van der Waals surface area (Å²) in [6.07, 6.45) is 10.00. The van der Waals surface area contributed by atoms with Gasteiger partial charge in [-0.15, -0.1) is 0 Å². The third kappa shape index (κ3) is 8.48. The van der Waals surface area contributed by atoms with E-state index in [1.54, 1.807) is 0 Å². The summed E-state index contributed by atoms with van der Waals surface area (Å²) in [6.45, 7) is 6.41. The van der Waals surface area contributed by atoms with E-state index < -0.39 is 30.2 Å². The first-order chi connectivity index (χ1) is 17.0. The average Bonchev–Trinajstić information content (AvgIpc) is 3.50. The predicted molar refractivity (Wildman–Crippen MR) is 135 cm³/mol. The van der Waals surface area contributed by atoms with Crippen LogP contribution < -0.4 is 21.3 Å². The lowest BCUT2D eigenvalue weighted by Crippen LogP contribution is -2.55. The lowest BCUT2D eigenvalue weighted by molar-refractivity contribution is -0.140.